The summed E-state index contributed by atoms with van der Waals surface area (Å²) >= 11 is 0. The predicted octanol–water partition coefficient (Wildman–Crippen LogP) is 2.15. The summed E-state index contributed by atoms with van der Waals surface area (Å²) in [5.41, 5.74) is 0.452. The average Bonchev–Trinajstić information content (AvgIpc) is 2.77. The molecule has 1 heterocycles. The summed E-state index contributed by atoms with van der Waals surface area (Å²) in [6.45, 7) is 4.44. The van der Waals surface area contributed by atoms with E-state index in [-0.39, 0.29) is 18.2 Å². The third kappa shape index (κ3) is 5.03. The van der Waals surface area contributed by atoms with E-state index in [0.717, 1.165) is 6.42 Å². The van der Waals surface area contributed by atoms with E-state index < -0.39 is 5.97 Å². The molecule has 0 saturated carbocycles. The molecule has 0 bridgehead atoms. The fraction of sp³-hybridized carbons (Fsp3) is 0.538. The number of carbonyl (C=O) groups is 2. The molecule has 0 saturated heterocycles. The van der Waals surface area contributed by atoms with Crippen LogP contribution in [0.15, 0.2) is 23.0 Å². The fourth-order valence-electron chi connectivity index (χ4n) is 1.89. The van der Waals surface area contributed by atoms with Crippen molar-refractivity contribution in [3.05, 3.63) is 24.2 Å². The number of hydrogen-bond donors (Lipinski definition) is 2. The van der Waals surface area contributed by atoms with Crippen LogP contribution < -0.4 is 5.32 Å². The minimum absolute atomic E-state index is 0.0432. The number of aliphatic carboxylic acids is 1. The monoisotopic (exact) mass is 253 g/mol. The zero-order valence-electron chi connectivity index (χ0n) is 10.7. The number of rotatable bonds is 7. The highest BCUT2D eigenvalue weighted by molar-refractivity contribution is 5.93. The first-order valence-corrected chi connectivity index (χ1v) is 6.01. The van der Waals surface area contributed by atoms with Crippen LogP contribution in [0, 0.1) is 11.8 Å². The molecule has 1 aromatic rings. The number of nitrogens with one attached hydrogen (secondary N) is 1. The SMILES string of the molecule is CC(C)C[C@H](CNC(=O)c1ccoc1)CC(=O)O. The van der Waals surface area contributed by atoms with Crippen LogP contribution in [0.4, 0.5) is 0 Å². The Balaban J connectivity index is 2.45. The molecule has 0 aliphatic rings. The lowest BCUT2D eigenvalue weighted by atomic mass is 9.94. The van der Waals surface area contributed by atoms with Gasteiger partial charge in [-0.3, -0.25) is 9.59 Å². The Morgan fingerprint density at radius 1 is 1.44 bits per heavy atom. The van der Waals surface area contributed by atoms with Crippen LogP contribution in [0.5, 0.6) is 0 Å². The molecule has 2 N–H and O–H groups in total. The second-order valence-electron chi connectivity index (χ2n) is 4.82. The second kappa shape index (κ2) is 6.83. The molecule has 1 aromatic heterocycles. The molecule has 18 heavy (non-hydrogen) atoms. The molecule has 0 fully saturated rings. The lowest BCUT2D eigenvalue weighted by Gasteiger charge is -2.17. The van der Waals surface area contributed by atoms with Gasteiger partial charge >= 0.3 is 5.97 Å². The van der Waals surface area contributed by atoms with Gasteiger partial charge in [-0.15, -0.1) is 0 Å². The largest absolute Gasteiger partial charge is 0.481 e. The molecule has 1 amide bonds. The van der Waals surface area contributed by atoms with Gasteiger partial charge in [0, 0.05) is 13.0 Å². The van der Waals surface area contributed by atoms with E-state index in [4.69, 9.17) is 9.52 Å². The summed E-state index contributed by atoms with van der Waals surface area (Å²) in [5, 5.41) is 11.6. The Morgan fingerprint density at radius 3 is 2.67 bits per heavy atom. The van der Waals surface area contributed by atoms with Gasteiger partial charge in [-0.2, -0.15) is 0 Å². The molecule has 0 unspecified atom stereocenters. The number of furan rings is 1. The van der Waals surface area contributed by atoms with Crippen molar-refractivity contribution in [1.29, 1.82) is 0 Å². The van der Waals surface area contributed by atoms with Gasteiger partial charge < -0.3 is 14.8 Å². The molecule has 0 radical (unpaired) electrons. The minimum atomic E-state index is -0.835. The first kappa shape index (κ1) is 14.3. The van der Waals surface area contributed by atoms with Gasteiger partial charge in [-0.1, -0.05) is 13.8 Å². The maximum absolute atomic E-state index is 11.7. The number of carboxylic acids is 1. The molecular formula is C13H19NO4. The van der Waals surface area contributed by atoms with Crippen molar-refractivity contribution < 1.29 is 19.1 Å². The first-order chi connectivity index (χ1) is 8.49. The van der Waals surface area contributed by atoms with Crippen LogP contribution in [0.2, 0.25) is 0 Å². The molecule has 0 aliphatic carbocycles. The van der Waals surface area contributed by atoms with Gasteiger partial charge in [0.25, 0.3) is 5.91 Å². The van der Waals surface area contributed by atoms with Crippen molar-refractivity contribution in [2.24, 2.45) is 11.8 Å². The third-order valence-electron chi connectivity index (χ3n) is 2.60. The molecular weight excluding hydrogens is 234 g/mol. The van der Waals surface area contributed by atoms with Gasteiger partial charge in [-0.25, -0.2) is 0 Å². The van der Waals surface area contributed by atoms with Crippen LogP contribution in [0.25, 0.3) is 0 Å². The van der Waals surface area contributed by atoms with Crippen molar-refractivity contribution in [3.8, 4) is 0 Å². The van der Waals surface area contributed by atoms with E-state index in [0.29, 0.717) is 18.0 Å². The average molecular weight is 253 g/mol. The molecule has 1 atom stereocenters. The Hall–Kier alpha value is -1.78. The van der Waals surface area contributed by atoms with Crippen molar-refractivity contribution >= 4 is 11.9 Å². The van der Waals surface area contributed by atoms with Gasteiger partial charge in [-0.05, 0) is 24.3 Å². The van der Waals surface area contributed by atoms with Gasteiger partial charge in [0.2, 0.25) is 0 Å². The highest BCUT2D eigenvalue weighted by Gasteiger charge is 2.16. The quantitative estimate of drug-likeness (QED) is 0.780. The maximum Gasteiger partial charge on any atom is 0.303 e. The number of carboxylic acid groups (broad SMARTS) is 1. The zero-order valence-corrected chi connectivity index (χ0v) is 10.7. The molecule has 0 spiro atoms. The Labute approximate surface area is 106 Å². The van der Waals surface area contributed by atoms with Crippen LogP contribution in [-0.4, -0.2) is 23.5 Å². The summed E-state index contributed by atoms with van der Waals surface area (Å²) in [4.78, 5) is 22.4. The van der Waals surface area contributed by atoms with Crippen molar-refractivity contribution in [2.45, 2.75) is 26.7 Å². The summed E-state index contributed by atoms with van der Waals surface area (Å²) in [5.74, 6) is -0.709. The van der Waals surface area contributed by atoms with Gasteiger partial charge in [0.1, 0.15) is 6.26 Å². The van der Waals surface area contributed by atoms with Crippen LogP contribution in [0.1, 0.15) is 37.0 Å². The number of hydrogen-bond acceptors (Lipinski definition) is 3. The van der Waals surface area contributed by atoms with Crippen molar-refractivity contribution in [1.82, 2.24) is 5.32 Å². The van der Waals surface area contributed by atoms with E-state index in [2.05, 4.69) is 5.32 Å². The molecule has 0 aliphatic heterocycles. The lowest BCUT2D eigenvalue weighted by Crippen LogP contribution is -2.30. The normalized spacial score (nSPS) is 12.4. The van der Waals surface area contributed by atoms with Crippen LogP contribution >= 0.6 is 0 Å². The summed E-state index contributed by atoms with van der Waals surface area (Å²) in [6.07, 6.45) is 3.64. The Bertz CT molecular complexity index is 384. The summed E-state index contributed by atoms with van der Waals surface area (Å²) < 4.78 is 4.82. The molecule has 5 heteroatoms. The highest BCUT2D eigenvalue weighted by atomic mass is 16.4. The first-order valence-electron chi connectivity index (χ1n) is 6.01. The highest BCUT2D eigenvalue weighted by Crippen LogP contribution is 2.15. The number of carbonyl (C=O) groups excluding carboxylic acids is 1. The third-order valence-corrected chi connectivity index (χ3v) is 2.60. The van der Waals surface area contributed by atoms with E-state index in [1.54, 1.807) is 6.07 Å². The van der Waals surface area contributed by atoms with Crippen molar-refractivity contribution in [2.75, 3.05) is 6.54 Å². The smallest absolute Gasteiger partial charge is 0.303 e. The van der Waals surface area contributed by atoms with E-state index in [1.165, 1.54) is 12.5 Å². The van der Waals surface area contributed by atoms with Crippen molar-refractivity contribution in [3.63, 3.8) is 0 Å². The van der Waals surface area contributed by atoms with E-state index >= 15 is 0 Å². The number of amides is 1. The van der Waals surface area contributed by atoms with Gasteiger partial charge in [0.15, 0.2) is 0 Å². The van der Waals surface area contributed by atoms with Crippen LogP contribution in [0.3, 0.4) is 0 Å². The summed E-state index contributed by atoms with van der Waals surface area (Å²) in [6, 6.07) is 1.57. The Kier molecular flexibility index (Phi) is 5.42. The lowest BCUT2D eigenvalue weighted by molar-refractivity contribution is -0.138. The predicted molar refractivity (Wildman–Crippen MR) is 66.2 cm³/mol. The van der Waals surface area contributed by atoms with Gasteiger partial charge in [0.05, 0.1) is 11.8 Å². The molecule has 0 aromatic carbocycles. The molecule has 5 nitrogen and oxygen atoms in total. The molecule has 100 valence electrons. The standard InChI is InChI=1S/C13H19NO4/c1-9(2)5-10(6-12(15)16)7-14-13(17)11-3-4-18-8-11/h3-4,8-10H,5-7H2,1-2H3,(H,14,17)(H,15,16)/t10-/m0/s1. The van der Waals surface area contributed by atoms with Crippen LogP contribution in [-0.2, 0) is 4.79 Å². The van der Waals surface area contributed by atoms with E-state index in [9.17, 15) is 9.59 Å². The second-order valence-corrected chi connectivity index (χ2v) is 4.82. The fourth-order valence-corrected chi connectivity index (χ4v) is 1.89. The molecule has 1 rings (SSSR count). The minimum Gasteiger partial charge on any atom is -0.481 e. The summed E-state index contributed by atoms with van der Waals surface area (Å²) in [7, 11) is 0. The van der Waals surface area contributed by atoms with E-state index in [1.807, 2.05) is 13.8 Å². The Morgan fingerprint density at radius 2 is 2.17 bits per heavy atom. The zero-order chi connectivity index (χ0) is 13.5. The maximum atomic E-state index is 11.7. The topological polar surface area (TPSA) is 79.5 Å².